The maximum Gasteiger partial charge on any atom is 0.194 e. The van der Waals surface area contributed by atoms with E-state index >= 15 is 0 Å². The average molecular weight is 507 g/mol. The molecule has 8 heteroatoms. The minimum atomic E-state index is -3.05. The van der Waals surface area contributed by atoms with Gasteiger partial charge in [0.05, 0.1) is 17.0 Å². The van der Waals surface area contributed by atoms with E-state index in [1.807, 2.05) is 19.1 Å². The van der Waals surface area contributed by atoms with Crippen molar-refractivity contribution < 1.29 is 13.5 Å². The van der Waals surface area contributed by atoms with Crippen LogP contribution >= 0.6 is 24.0 Å². The molecule has 1 heterocycles. The Morgan fingerprint density at radius 3 is 2.52 bits per heavy atom. The predicted molar refractivity (Wildman–Crippen MR) is 120 cm³/mol. The Balaban J connectivity index is 0.00000261. The first-order valence-electron chi connectivity index (χ1n) is 9.49. The molecule has 2 N–H and O–H groups in total. The number of guanidine groups is 1. The summed E-state index contributed by atoms with van der Waals surface area (Å²) in [5.41, 5.74) is 1.01. The van der Waals surface area contributed by atoms with Crippen molar-refractivity contribution in [2.75, 3.05) is 25.4 Å². The molecule has 0 amide bonds. The summed E-state index contributed by atoms with van der Waals surface area (Å²) in [4.78, 5) is 6.84. The van der Waals surface area contributed by atoms with Gasteiger partial charge in [-0.1, -0.05) is 31.4 Å². The molecule has 1 saturated carbocycles. The van der Waals surface area contributed by atoms with E-state index in [9.17, 15) is 13.5 Å². The molecule has 0 unspecified atom stereocenters. The van der Waals surface area contributed by atoms with Crippen LogP contribution in [-0.4, -0.2) is 54.5 Å². The summed E-state index contributed by atoms with van der Waals surface area (Å²) >= 11 is 0. The highest BCUT2D eigenvalue weighted by Crippen LogP contribution is 2.38. The van der Waals surface area contributed by atoms with Crippen molar-refractivity contribution in [1.29, 1.82) is 0 Å². The van der Waals surface area contributed by atoms with Gasteiger partial charge in [0.1, 0.15) is 5.75 Å². The number of aromatic hydroxyl groups is 1. The van der Waals surface area contributed by atoms with Gasteiger partial charge in [-0.25, -0.2) is 13.4 Å². The van der Waals surface area contributed by atoms with E-state index in [1.165, 1.54) is 0 Å². The number of aliphatic imine (C=N–C) groups is 1. The Bertz CT molecular complexity index is 744. The van der Waals surface area contributed by atoms with Gasteiger partial charge in [-0.05, 0) is 37.5 Å². The molecule has 0 atom stereocenters. The zero-order valence-electron chi connectivity index (χ0n) is 15.9. The van der Waals surface area contributed by atoms with Crippen LogP contribution in [0.1, 0.15) is 44.6 Å². The van der Waals surface area contributed by atoms with Crippen molar-refractivity contribution in [1.82, 2.24) is 10.2 Å². The van der Waals surface area contributed by atoms with Crippen LogP contribution in [0, 0.1) is 0 Å². The number of rotatable bonds is 3. The minimum absolute atomic E-state index is 0. The van der Waals surface area contributed by atoms with Crippen LogP contribution in [0.2, 0.25) is 0 Å². The fraction of sp³-hybridized carbons (Fsp3) is 0.632. The summed E-state index contributed by atoms with van der Waals surface area (Å²) in [5.74, 6) is 1.22. The van der Waals surface area contributed by atoms with Crippen LogP contribution in [-0.2, 0) is 16.4 Å². The van der Waals surface area contributed by atoms with Gasteiger partial charge in [0.15, 0.2) is 15.8 Å². The fourth-order valence-corrected chi connectivity index (χ4v) is 6.17. The van der Waals surface area contributed by atoms with Crippen molar-refractivity contribution in [3.63, 3.8) is 0 Å². The van der Waals surface area contributed by atoms with Crippen LogP contribution < -0.4 is 5.32 Å². The molecule has 0 radical (unpaired) electrons. The number of hydrogen-bond acceptors (Lipinski definition) is 4. The SMILES string of the molecule is CCNC(=NCc1ccc(O)cc1)N1CCS(=O)(=O)C2(CCCCC2)C1.I. The number of halogens is 1. The molecule has 1 aliphatic heterocycles. The predicted octanol–water partition coefficient (Wildman–Crippen LogP) is 2.91. The quantitative estimate of drug-likeness (QED) is 0.374. The summed E-state index contributed by atoms with van der Waals surface area (Å²) in [6.45, 7) is 4.29. The lowest BCUT2D eigenvalue weighted by Crippen LogP contribution is -2.60. The molecule has 2 fully saturated rings. The van der Waals surface area contributed by atoms with Crippen LogP contribution in [0.5, 0.6) is 5.75 Å². The van der Waals surface area contributed by atoms with Gasteiger partial charge in [-0.3, -0.25) is 0 Å². The van der Waals surface area contributed by atoms with Crippen LogP contribution in [0.25, 0.3) is 0 Å². The fourth-order valence-electron chi connectivity index (χ4n) is 4.01. The topological polar surface area (TPSA) is 82.0 Å². The second-order valence-electron chi connectivity index (χ2n) is 7.32. The van der Waals surface area contributed by atoms with E-state index in [1.54, 1.807) is 12.1 Å². The molecule has 1 aromatic carbocycles. The number of phenols is 1. The lowest BCUT2D eigenvalue weighted by molar-refractivity contribution is 0.274. The Labute approximate surface area is 179 Å². The van der Waals surface area contributed by atoms with Crippen molar-refractivity contribution >= 4 is 39.8 Å². The molecule has 3 rings (SSSR count). The normalized spacial score (nSPS) is 21.5. The van der Waals surface area contributed by atoms with Crippen LogP contribution in [0.3, 0.4) is 0 Å². The smallest absolute Gasteiger partial charge is 0.194 e. The van der Waals surface area contributed by atoms with Gasteiger partial charge in [-0.2, -0.15) is 0 Å². The zero-order chi connectivity index (χ0) is 18.6. The molecular formula is C19H30IN3O3S. The Kier molecular flexibility index (Phi) is 7.79. The highest BCUT2D eigenvalue weighted by Gasteiger charge is 2.48. The number of nitrogens with zero attached hydrogens (tertiary/aromatic N) is 2. The molecule has 1 aliphatic carbocycles. The molecular weight excluding hydrogens is 477 g/mol. The first kappa shape index (κ1) is 22.3. The van der Waals surface area contributed by atoms with E-state index < -0.39 is 14.6 Å². The average Bonchev–Trinajstić information content (AvgIpc) is 2.63. The lowest BCUT2D eigenvalue weighted by atomic mass is 9.87. The third-order valence-electron chi connectivity index (χ3n) is 5.52. The number of phenolic OH excluding ortho intramolecular Hbond substituents is 1. The maximum absolute atomic E-state index is 12.8. The molecule has 27 heavy (non-hydrogen) atoms. The molecule has 1 aromatic rings. The molecule has 2 aliphatic rings. The van der Waals surface area contributed by atoms with E-state index in [-0.39, 0.29) is 35.5 Å². The minimum Gasteiger partial charge on any atom is -0.508 e. The largest absolute Gasteiger partial charge is 0.508 e. The second kappa shape index (κ2) is 9.45. The zero-order valence-corrected chi connectivity index (χ0v) is 19.0. The number of hydrogen-bond donors (Lipinski definition) is 2. The van der Waals surface area contributed by atoms with Gasteiger partial charge < -0.3 is 15.3 Å². The van der Waals surface area contributed by atoms with Crippen molar-refractivity contribution in [3.8, 4) is 5.75 Å². The van der Waals surface area contributed by atoms with Crippen molar-refractivity contribution in [2.45, 2.75) is 50.3 Å². The second-order valence-corrected chi connectivity index (χ2v) is 9.82. The molecule has 0 bridgehead atoms. The van der Waals surface area contributed by atoms with Crippen molar-refractivity contribution in [2.24, 2.45) is 4.99 Å². The molecule has 6 nitrogen and oxygen atoms in total. The number of benzene rings is 1. The van der Waals surface area contributed by atoms with Gasteiger partial charge >= 0.3 is 0 Å². The molecule has 152 valence electrons. The first-order valence-corrected chi connectivity index (χ1v) is 11.1. The van der Waals surface area contributed by atoms with Gasteiger partial charge in [0, 0.05) is 19.6 Å². The molecule has 1 spiro atoms. The third kappa shape index (κ3) is 5.07. The lowest BCUT2D eigenvalue weighted by Gasteiger charge is -2.45. The number of nitrogens with one attached hydrogen (secondary N) is 1. The van der Waals surface area contributed by atoms with Crippen LogP contribution in [0.15, 0.2) is 29.3 Å². The maximum atomic E-state index is 12.8. The summed E-state index contributed by atoms with van der Waals surface area (Å²) in [7, 11) is -3.05. The summed E-state index contributed by atoms with van der Waals surface area (Å²) in [6, 6.07) is 7.02. The summed E-state index contributed by atoms with van der Waals surface area (Å²) in [5, 5.41) is 12.7. The monoisotopic (exact) mass is 507 g/mol. The Morgan fingerprint density at radius 1 is 1.22 bits per heavy atom. The van der Waals surface area contributed by atoms with Gasteiger partial charge in [0.25, 0.3) is 0 Å². The molecule has 1 saturated heterocycles. The van der Waals surface area contributed by atoms with Gasteiger partial charge in [-0.15, -0.1) is 24.0 Å². The van der Waals surface area contributed by atoms with E-state index in [2.05, 4.69) is 10.2 Å². The van der Waals surface area contributed by atoms with Crippen LogP contribution in [0.4, 0.5) is 0 Å². The highest BCUT2D eigenvalue weighted by atomic mass is 127. The summed E-state index contributed by atoms with van der Waals surface area (Å²) in [6.07, 6.45) is 4.65. The molecule has 0 aromatic heterocycles. The Hall–Kier alpha value is -1.03. The van der Waals surface area contributed by atoms with Crippen molar-refractivity contribution in [3.05, 3.63) is 29.8 Å². The van der Waals surface area contributed by atoms with E-state index in [4.69, 9.17) is 4.99 Å². The standard InChI is InChI=1S/C19H29N3O3S.HI/c1-2-20-18(21-14-16-6-8-17(23)9-7-16)22-12-13-26(24,25)19(15-22)10-4-3-5-11-19;/h6-9,23H,2-5,10-15H2,1H3,(H,20,21);1H. The summed E-state index contributed by atoms with van der Waals surface area (Å²) < 4.78 is 25.0. The third-order valence-corrected chi connectivity index (χ3v) is 8.09. The number of sulfone groups is 1. The van der Waals surface area contributed by atoms with Gasteiger partial charge in [0.2, 0.25) is 0 Å². The van der Waals surface area contributed by atoms with E-state index in [0.29, 0.717) is 19.6 Å². The Morgan fingerprint density at radius 2 is 1.89 bits per heavy atom. The first-order chi connectivity index (χ1) is 12.5. The highest BCUT2D eigenvalue weighted by molar-refractivity contribution is 14.0. The van der Waals surface area contributed by atoms with E-state index in [0.717, 1.165) is 50.2 Å².